The number of carbonyl (C=O) groups excluding carboxylic acids is 1. The van der Waals surface area contributed by atoms with Crippen LogP contribution < -0.4 is 11.1 Å². The van der Waals surface area contributed by atoms with Gasteiger partial charge in [0.1, 0.15) is 5.82 Å². The molecule has 1 aliphatic heterocycles. The van der Waals surface area contributed by atoms with Crippen molar-refractivity contribution in [2.24, 2.45) is 11.7 Å². The van der Waals surface area contributed by atoms with Crippen molar-refractivity contribution in [3.05, 3.63) is 35.1 Å². The number of nitrogens with one attached hydrogen (secondary N) is 1. The summed E-state index contributed by atoms with van der Waals surface area (Å²) in [5.41, 5.74) is 5.79. The van der Waals surface area contributed by atoms with Crippen LogP contribution in [0, 0.1) is 23.6 Å². The summed E-state index contributed by atoms with van der Waals surface area (Å²) < 4.78 is 19.1. The second-order valence-corrected chi connectivity index (χ2v) is 4.99. The Hall–Kier alpha value is -1.90. The maximum Gasteiger partial charge on any atom is 0.251 e. The van der Waals surface area contributed by atoms with Gasteiger partial charge in [-0.25, -0.2) is 4.39 Å². The molecule has 1 heterocycles. The first kappa shape index (κ1) is 15.5. The van der Waals surface area contributed by atoms with Gasteiger partial charge in [0.15, 0.2) is 0 Å². The molecule has 1 unspecified atom stereocenters. The van der Waals surface area contributed by atoms with E-state index in [1.165, 1.54) is 12.1 Å². The standard InChI is InChI=1S/C16H19FN2O2/c17-15-9-14(6-5-13(15)4-1-7-18)16(20)19-10-12-3-2-8-21-11-12/h5-6,9,12H,2-3,7-8,10-11,18H2,(H,19,20). The molecule has 3 N–H and O–H groups in total. The number of nitrogens with two attached hydrogens (primary N) is 1. The first-order chi connectivity index (χ1) is 10.2. The lowest BCUT2D eigenvalue weighted by Crippen LogP contribution is -2.33. The monoisotopic (exact) mass is 290 g/mol. The van der Waals surface area contributed by atoms with Crippen LogP contribution in [-0.4, -0.2) is 32.2 Å². The molecular formula is C16H19FN2O2. The maximum absolute atomic E-state index is 13.8. The van der Waals surface area contributed by atoms with Gasteiger partial charge in [-0.15, -0.1) is 0 Å². The van der Waals surface area contributed by atoms with Gasteiger partial charge >= 0.3 is 0 Å². The van der Waals surface area contributed by atoms with E-state index in [1.807, 2.05) is 0 Å². The predicted octanol–water partition coefficient (Wildman–Crippen LogP) is 1.29. The number of carbonyl (C=O) groups is 1. The van der Waals surface area contributed by atoms with Gasteiger partial charge in [0.2, 0.25) is 0 Å². The first-order valence-corrected chi connectivity index (χ1v) is 7.05. The highest BCUT2D eigenvalue weighted by atomic mass is 19.1. The van der Waals surface area contributed by atoms with Crippen molar-refractivity contribution in [2.45, 2.75) is 12.8 Å². The number of rotatable bonds is 3. The minimum Gasteiger partial charge on any atom is -0.381 e. The van der Waals surface area contributed by atoms with Crippen molar-refractivity contribution in [1.29, 1.82) is 0 Å². The Bertz CT molecular complexity index is 557. The van der Waals surface area contributed by atoms with Gasteiger partial charge in [0, 0.05) is 18.7 Å². The molecule has 5 heteroatoms. The van der Waals surface area contributed by atoms with E-state index in [0.717, 1.165) is 19.4 Å². The Labute approximate surface area is 123 Å². The molecule has 0 aliphatic carbocycles. The van der Waals surface area contributed by atoms with Crippen LogP contribution in [0.2, 0.25) is 0 Å². The third kappa shape index (κ3) is 4.55. The van der Waals surface area contributed by atoms with Crippen molar-refractivity contribution >= 4 is 5.91 Å². The highest BCUT2D eigenvalue weighted by Crippen LogP contribution is 2.13. The summed E-state index contributed by atoms with van der Waals surface area (Å²) in [7, 11) is 0. The molecular weight excluding hydrogens is 271 g/mol. The molecule has 1 aromatic rings. The lowest BCUT2D eigenvalue weighted by atomic mass is 10.0. The molecule has 0 aromatic heterocycles. The lowest BCUT2D eigenvalue weighted by molar-refractivity contribution is 0.0536. The summed E-state index contributed by atoms with van der Waals surface area (Å²) >= 11 is 0. The van der Waals surface area contributed by atoms with E-state index in [2.05, 4.69) is 17.2 Å². The topological polar surface area (TPSA) is 64.4 Å². The van der Waals surface area contributed by atoms with Crippen LogP contribution in [0.15, 0.2) is 18.2 Å². The smallest absolute Gasteiger partial charge is 0.251 e. The average Bonchev–Trinajstić information content (AvgIpc) is 2.52. The molecule has 0 radical (unpaired) electrons. The maximum atomic E-state index is 13.8. The second-order valence-electron chi connectivity index (χ2n) is 4.99. The van der Waals surface area contributed by atoms with Gasteiger partial charge in [-0.2, -0.15) is 0 Å². The molecule has 0 spiro atoms. The van der Waals surface area contributed by atoms with Crippen LogP contribution in [0.3, 0.4) is 0 Å². The number of hydrogen-bond acceptors (Lipinski definition) is 3. The van der Waals surface area contributed by atoms with Gasteiger partial charge in [0.25, 0.3) is 5.91 Å². The molecule has 1 aliphatic rings. The quantitative estimate of drug-likeness (QED) is 0.825. The Morgan fingerprint density at radius 1 is 1.52 bits per heavy atom. The largest absolute Gasteiger partial charge is 0.381 e. The SMILES string of the molecule is NCC#Cc1ccc(C(=O)NCC2CCCOC2)cc1F. The van der Waals surface area contributed by atoms with Crippen molar-refractivity contribution in [3.63, 3.8) is 0 Å². The van der Waals surface area contributed by atoms with E-state index in [1.54, 1.807) is 6.07 Å². The lowest BCUT2D eigenvalue weighted by Gasteiger charge is -2.22. The molecule has 2 rings (SSSR count). The molecule has 21 heavy (non-hydrogen) atoms. The van der Waals surface area contributed by atoms with Crippen LogP contribution in [0.1, 0.15) is 28.8 Å². The van der Waals surface area contributed by atoms with E-state index in [9.17, 15) is 9.18 Å². The van der Waals surface area contributed by atoms with Crippen LogP contribution in [0.4, 0.5) is 4.39 Å². The number of amides is 1. The summed E-state index contributed by atoms with van der Waals surface area (Å²) in [6.45, 7) is 2.18. The van der Waals surface area contributed by atoms with Crippen LogP contribution in [0.25, 0.3) is 0 Å². The zero-order valence-electron chi connectivity index (χ0n) is 11.8. The third-order valence-electron chi connectivity index (χ3n) is 3.36. The molecule has 1 saturated heterocycles. The molecule has 0 saturated carbocycles. The van der Waals surface area contributed by atoms with Crippen molar-refractivity contribution in [3.8, 4) is 11.8 Å². The first-order valence-electron chi connectivity index (χ1n) is 7.05. The Morgan fingerprint density at radius 3 is 3.05 bits per heavy atom. The molecule has 1 atom stereocenters. The zero-order chi connectivity index (χ0) is 15.1. The Kier molecular flexibility index (Phi) is 5.73. The van der Waals surface area contributed by atoms with Gasteiger partial charge in [0.05, 0.1) is 18.7 Å². The summed E-state index contributed by atoms with van der Waals surface area (Å²) in [4.78, 5) is 12.0. The minimum atomic E-state index is -0.510. The minimum absolute atomic E-state index is 0.172. The van der Waals surface area contributed by atoms with Crippen molar-refractivity contribution in [2.75, 3.05) is 26.3 Å². The number of halogens is 1. The predicted molar refractivity (Wildman–Crippen MR) is 78.2 cm³/mol. The third-order valence-corrected chi connectivity index (χ3v) is 3.36. The molecule has 112 valence electrons. The number of hydrogen-bond donors (Lipinski definition) is 2. The van der Waals surface area contributed by atoms with Crippen molar-refractivity contribution in [1.82, 2.24) is 5.32 Å². The number of benzene rings is 1. The molecule has 1 aromatic carbocycles. The fourth-order valence-electron chi connectivity index (χ4n) is 2.21. The van der Waals surface area contributed by atoms with E-state index < -0.39 is 5.82 Å². The number of ether oxygens (including phenoxy) is 1. The van der Waals surface area contributed by atoms with Crippen molar-refractivity contribution < 1.29 is 13.9 Å². The summed E-state index contributed by atoms with van der Waals surface area (Å²) in [6, 6.07) is 4.26. The highest BCUT2D eigenvalue weighted by Gasteiger charge is 2.15. The van der Waals surface area contributed by atoms with Crippen LogP contribution >= 0.6 is 0 Å². The highest BCUT2D eigenvalue weighted by molar-refractivity contribution is 5.94. The van der Waals surface area contributed by atoms with Gasteiger partial charge in [-0.3, -0.25) is 4.79 Å². The van der Waals surface area contributed by atoms with E-state index in [-0.39, 0.29) is 18.0 Å². The normalized spacial score (nSPS) is 17.7. The fourth-order valence-corrected chi connectivity index (χ4v) is 2.21. The second kappa shape index (κ2) is 7.77. The molecule has 4 nitrogen and oxygen atoms in total. The molecule has 1 fully saturated rings. The van der Waals surface area contributed by atoms with E-state index in [4.69, 9.17) is 10.5 Å². The van der Waals surface area contributed by atoms with Gasteiger partial charge in [-0.1, -0.05) is 11.8 Å². The zero-order valence-corrected chi connectivity index (χ0v) is 11.8. The Balaban J connectivity index is 1.94. The van der Waals surface area contributed by atoms with Crippen LogP contribution in [0.5, 0.6) is 0 Å². The molecule has 1 amide bonds. The van der Waals surface area contributed by atoms with Gasteiger partial charge < -0.3 is 15.8 Å². The van der Waals surface area contributed by atoms with Gasteiger partial charge in [-0.05, 0) is 37.0 Å². The average molecular weight is 290 g/mol. The summed E-state index contributed by atoms with van der Waals surface area (Å²) in [6.07, 6.45) is 2.06. The summed E-state index contributed by atoms with van der Waals surface area (Å²) in [5, 5.41) is 2.82. The Morgan fingerprint density at radius 2 is 2.38 bits per heavy atom. The molecule has 0 bridgehead atoms. The fraction of sp³-hybridized carbons (Fsp3) is 0.438. The van der Waals surface area contributed by atoms with E-state index >= 15 is 0 Å². The summed E-state index contributed by atoms with van der Waals surface area (Å²) in [5.74, 6) is 4.76. The van der Waals surface area contributed by atoms with E-state index in [0.29, 0.717) is 24.6 Å². The van der Waals surface area contributed by atoms with Crippen LogP contribution in [-0.2, 0) is 4.74 Å².